The zero-order valence-corrected chi connectivity index (χ0v) is 8.20. The number of aromatic amines is 1. The number of aromatic nitrogens is 1. The molecule has 1 heterocycles. The molecule has 15 heavy (non-hydrogen) atoms. The minimum absolute atomic E-state index is 0.131. The molecule has 0 radical (unpaired) electrons. The highest BCUT2D eigenvalue weighted by atomic mass is 16.1. The molecule has 0 aliphatic rings. The van der Waals surface area contributed by atoms with Gasteiger partial charge >= 0.3 is 0 Å². The second-order valence-electron chi connectivity index (χ2n) is 3.34. The number of pyridine rings is 1. The van der Waals surface area contributed by atoms with Gasteiger partial charge in [0.15, 0.2) is 5.78 Å². The van der Waals surface area contributed by atoms with Crippen molar-refractivity contribution in [2.24, 2.45) is 0 Å². The Bertz CT molecular complexity index is 599. The van der Waals surface area contributed by atoms with Crippen molar-refractivity contribution in [3.05, 3.63) is 40.2 Å². The lowest BCUT2D eigenvalue weighted by Gasteiger charge is -2.05. The van der Waals surface area contributed by atoms with Crippen molar-refractivity contribution in [3.8, 4) is 0 Å². The number of H-pyrrole nitrogens is 1. The van der Waals surface area contributed by atoms with Crippen LogP contribution in [0.25, 0.3) is 10.8 Å². The molecule has 2 rings (SSSR count). The summed E-state index contributed by atoms with van der Waals surface area (Å²) in [7, 11) is 0. The number of hydrogen-bond acceptors (Lipinski definition) is 3. The summed E-state index contributed by atoms with van der Waals surface area (Å²) in [6.45, 7) is 1.43. The van der Waals surface area contributed by atoms with E-state index < -0.39 is 0 Å². The summed E-state index contributed by atoms with van der Waals surface area (Å²) in [5, 5.41) is 1.09. The first-order chi connectivity index (χ1) is 7.11. The van der Waals surface area contributed by atoms with E-state index in [1.165, 1.54) is 6.92 Å². The van der Waals surface area contributed by atoms with Crippen LogP contribution in [0.15, 0.2) is 29.1 Å². The van der Waals surface area contributed by atoms with Gasteiger partial charge in [0.1, 0.15) is 5.82 Å². The van der Waals surface area contributed by atoms with E-state index in [9.17, 15) is 9.59 Å². The molecule has 0 saturated carbocycles. The third-order valence-electron chi connectivity index (χ3n) is 2.31. The minimum atomic E-state index is -0.270. The molecule has 0 saturated heterocycles. The number of carbonyl (C=O) groups excluding carboxylic acids is 1. The van der Waals surface area contributed by atoms with Crippen LogP contribution in [0, 0.1) is 0 Å². The topological polar surface area (TPSA) is 76.0 Å². The number of rotatable bonds is 1. The number of benzene rings is 1. The summed E-state index contributed by atoms with van der Waals surface area (Å²) in [6.07, 6.45) is 0. The highest BCUT2D eigenvalue weighted by Crippen LogP contribution is 2.19. The summed E-state index contributed by atoms with van der Waals surface area (Å²) in [5.41, 5.74) is 5.72. The normalized spacial score (nSPS) is 10.5. The average molecular weight is 202 g/mol. The second-order valence-corrected chi connectivity index (χ2v) is 3.34. The van der Waals surface area contributed by atoms with Gasteiger partial charge in [0.2, 0.25) is 0 Å². The maximum atomic E-state index is 11.5. The third-order valence-corrected chi connectivity index (χ3v) is 2.31. The van der Waals surface area contributed by atoms with Crippen molar-refractivity contribution in [1.82, 2.24) is 4.98 Å². The van der Waals surface area contributed by atoms with Gasteiger partial charge in [-0.25, -0.2) is 0 Å². The van der Waals surface area contributed by atoms with Gasteiger partial charge in [-0.05, 0) is 13.0 Å². The van der Waals surface area contributed by atoms with E-state index in [0.29, 0.717) is 16.3 Å². The zero-order chi connectivity index (χ0) is 11.0. The molecule has 0 unspecified atom stereocenters. The van der Waals surface area contributed by atoms with E-state index in [-0.39, 0.29) is 17.2 Å². The molecule has 0 aliphatic carbocycles. The Morgan fingerprint density at radius 2 is 1.87 bits per heavy atom. The quantitative estimate of drug-likeness (QED) is 0.684. The fourth-order valence-corrected chi connectivity index (χ4v) is 1.68. The first-order valence-electron chi connectivity index (χ1n) is 4.52. The van der Waals surface area contributed by atoms with E-state index in [0.717, 1.165) is 0 Å². The lowest BCUT2D eigenvalue weighted by Crippen LogP contribution is -2.14. The standard InChI is InChI=1S/C11H10N2O2/c1-6(14)9-7-4-2-3-5-8(7)11(15)13-10(9)12/h2-5H,1H3,(H3,12,13,15). The van der Waals surface area contributed by atoms with Crippen molar-refractivity contribution in [2.75, 3.05) is 5.73 Å². The highest BCUT2D eigenvalue weighted by molar-refractivity contribution is 6.10. The molecular formula is C11H10N2O2. The largest absolute Gasteiger partial charge is 0.385 e. The molecule has 0 bridgehead atoms. The molecular weight excluding hydrogens is 192 g/mol. The molecule has 0 aliphatic heterocycles. The van der Waals surface area contributed by atoms with Gasteiger partial charge in [-0.15, -0.1) is 0 Å². The number of nitrogen functional groups attached to an aromatic ring is 1. The molecule has 1 aromatic carbocycles. The van der Waals surface area contributed by atoms with Gasteiger partial charge in [-0.3, -0.25) is 9.59 Å². The van der Waals surface area contributed by atoms with Crippen LogP contribution in [-0.2, 0) is 0 Å². The van der Waals surface area contributed by atoms with E-state index in [2.05, 4.69) is 4.98 Å². The van der Waals surface area contributed by atoms with Crippen molar-refractivity contribution < 1.29 is 4.79 Å². The molecule has 76 valence electrons. The molecule has 0 spiro atoms. The Labute approximate surface area is 85.7 Å². The zero-order valence-electron chi connectivity index (χ0n) is 8.20. The number of nitrogens with two attached hydrogens (primary N) is 1. The summed E-state index contributed by atoms with van der Waals surface area (Å²) in [5.74, 6) is -0.0221. The lowest BCUT2D eigenvalue weighted by atomic mass is 10.0. The summed E-state index contributed by atoms with van der Waals surface area (Å²) in [6, 6.07) is 6.91. The predicted molar refractivity (Wildman–Crippen MR) is 59.0 cm³/mol. The van der Waals surface area contributed by atoms with Crippen molar-refractivity contribution >= 4 is 22.4 Å². The smallest absolute Gasteiger partial charge is 0.257 e. The Hall–Kier alpha value is -2.10. The monoisotopic (exact) mass is 202 g/mol. The Kier molecular flexibility index (Phi) is 2.04. The van der Waals surface area contributed by atoms with E-state index >= 15 is 0 Å². The third kappa shape index (κ3) is 1.40. The van der Waals surface area contributed by atoms with Gasteiger partial charge in [0, 0.05) is 10.8 Å². The van der Waals surface area contributed by atoms with Crippen LogP contribution in [-0.4, -0.2) is 10.8 Å². The molecule has 4 heteroatoms. The molecule has 0 atom stereocenters. The first-order valence-corrected chi connectivity index (χ1v) is 4.52. The molecule has 1 aromatic heterocycles. The van der Waals surface area contributed by atoms with Crippen molar-refractivity contribution in [1.29, 1.82) is 0 Å². The molecule has 3 N–H and O–H groups in total. The fraction of sp³-hybridized carbons (Fsp3) is 0.0909. The van der Waals surface area contributed by atoms with Gasteiger partial charge < -0.3 is 10.7 Å². The Morgan fingerprint density at radius 3 is 2.47 bits per heavy atom. The molecule has 2 aromatic rings. The fourth-order valence-electron chi connectivity index (χ4n) is 1.68. The predicted octanol–water partition coefficient (Wildman–Crippen LogP) is 1.31. The van der Waals surface area contributed by atoms with Gasteiger partial charge in [0.05, 0.1) is 5.56 Å². The Balaban J connectivity index is 3.03. The van der Waals surface area contributed by atoms with Crippen molar-refractivity contribution in [3.63, 3.8) is 0 Å². The van der Waals surface area contributed by atoms with Crippen LogP contribution in [0.2, 0.25) is 0 Å². The van der Waals surface area contributed by atoms with Crippen molar-refractivity contribution in [2.45, 2.75) is 6.92 Å². The number of nitrogens with one attached hydrogen (secondary N) is 1. The number of anilines is 1. The minimum Gasteiger partial charge on any atom is -0.385 e. The summed E-state index contributed by atoms with van der Waals surface area (Å²) < 4.78 is 0. The summed E-state index contributed by atoms with van der Waals surface area (Å²) >= 11 is 0. The van der Waals surface area contributed by atoms with Gasteiger partial charge in [0.25, 0.3) is 5.56 Å². The van der Waals surface area contributed by atoms with Crippen LogP contribution < -0.4 is 11.3 Å². The first kappa shape index (κ1) is 9.45. The number of carbonyl (C=O) groups is 1. The van der Waals surface area contributed by atoms with Crippen LogP contribution in [0.1, 0.15) is 17.3 Å². The van der Waals surface area contributed by atoms with Gasteiger partial charge in [-0.1, -0.05) is 18.2 Å². The van der Waals surface area contributed by atoms with Crippen LogP contribution in [0.5, 0.6) is 0 Å². The second kappa shape index (κ2) is 3.24. The Morgan fingerprint density at radius 1 is 1.27 bits per heavy atom. The maximum Gasteiger partial charge on any atom is 0.257 e. The molecule has 4 nitrogen and oxygen atoms in total. The highest BCUT2D eigenvalue weighted by Gasteiger charge is 2.12. The molecule has 0 amide bonds. The van der Waals surface area contributed by atoms with E-state index in [1.54, 1.807) is 24.3 Å². The SMILES string of the molecule is CC(=O)c1c(N)[nH]c(=O)c2ccccc12. The number of Topliss-reactive ketones (excluding diaryl/α,β-unsaturated/α-hetero) is 1. The molecule has 0 fully saturated rings. The van der Waals surface area contributed by atoms with Crippen LogP contribution >= 0.6 is 0 Å². The number of fused-ring (bicyclic) bond motifs is 1. The summed E-state index contributed by atoms with van der Waals surface area (Å²) in [4.78, 5) is 25.4. The van der Waals surface area contributed by atoms with Crippen LogP contribution in [0.3, 0.4) is 0 Å². The average Bonchev–Trinajstić information content (AvgIpc) is 2.17. The van der Waals surface area contributed by atoms with E-state index in [1.807, 2.05) is 0 Å². The maximum absolute atomic E-state index is 11.5. The van der Waals surface area contributed by atoms with Crippen LogP contribution in [0.4, 0.5) is 5.82 Å². The number of ketones is 1. The number of hydrogen-bond donors (Lipinski definition) is 2. The van der Waals surface area contributed by atoms with E-state index in [4.69, 9.17) is 5.73 Å². The lowest BCUT2D eigenvalue weighted by molar-refractivity contribution is 0.102. The van der Waals surface area contributed by atoms with Gasteiger partial charge in [-0.2, -0.15) is 0 Å².